The lowest BCUT2D eigenvalue weighted by atomic mass is 9.87. The van der Waals surface area contributed by atoms with Crippen LogP contribution in [0.5, 0.6) is 0 Å². The number of nitrogens with zero attached hydrogens (tertiary/aromatic N) is 2. The SMILES string of the molecule is CN(C(=O)CN1CCC(C(N)=O)CC1)[C@H]1CCCc2ccccc21. The summed E-state index contributed by atoms with van der Waals surface area (Å²) >= 11 is 0. The standard InChI is InChI=1S/C19H27N3O2/c1-21(17-8-4-6-14-5-2-3-7-16(14)17)18(23)13-22-11-9-15(10-12-22)19(20)24/h2-3,5,7,15,17H,4,6,8-13H2,1H3,(H2,20,24)/t17-/m0/s1. The van der Waals surface area contributed by atoms with E-state index < -0.39 is 0 Å². The number of hydrogen-bond donors (Lipinski definition) is 1. The van der Waals surface area contributed by atoms with Crippen molar-refractivity contribution in [2.24, 2.45) is 11.7 Å². The minimum atomic E-state index is -0.211. The van der Waals surface area contributed by atoms with E-state index in [0.29, 0.717) is 6.54 Å². The number of carbonyl (C=O) groups is 2. The van der Waals surface area contributed by atoms with E-state index in [-0.39, 0.29) is 23.8 Å². The van der Waals surface area contributed by atoms with E-state index in [1.165, 1.54) is 11.1 Å². The zero-order valence-corrected chi connectivity index (χ0v) is 14.4. The number of fused-ring (bicyclic) bond motifs is 1. The number of likely N-dealkylation sites (N-methyl/N-ethyl adjacent to an activating group) is 1. The molecule has 1 aliphatic heterocycles. The Morgan fingerprint density at radius 1 is 1.21 bits per heavy atom. The Kier molecular flexibility index (Phi) is 5.19. The van der Waals surface area contributed by atoms with Crippen molar-refractivity contribution in [3.63, 3.8) is 0 Å². The zero-order valence-electron chi connectivity index (χ0n) is 14.4. The molecular weight excluding hydrogens is 302 g/mol. The first-order valence-electron chi connectivity index (χ1n) is 8.91. The van der Waals surface area contributed by atoms with Crippen LogP contribution in [-0.2, 0) is 16.0 Å². The van der Waals surface area contributed by atoms with Crippen molar-refractivity contribution in [2.75, 3.05) is 26.7 Å². The maximum atomic E-state index is 12.7. The molecule has 3 rings (SSSR count). The molecule has 2 aliphatic rings. The number of nitrogens with two attached hydrogens (primary N) is 1. The van der Waals surface area contributed by atoms with Gasteiger partial charge in [-0.15, -0.1) is 0 Å². The summed E-state index contributed by atoms with van der Waals surface area (Å²) < 4.78 is 0. The number of amides is 2. The van der Waals surface area contributed by atoms with E-state index in [9.17, 15) is 9.59 Å². The third kappa shape index (κ3) is 3.61. The van der Waals surface area contributed by atoms with Crippen LogP contribution in [0, 0.1) is 5.92 Å². The zero-order chi connectivity index (χ0) is 17.1. The molecule has 2 N–H and O–H groups in total. The lowest BCUT2D eigenvalue weighted by Gasteiger charge is -2.36. The summed E-state index contributed by atoms with van der Waals surface area (Å²) in [7, 11) is 1.92. The van der Waals surface area contributed by atoms with Crippen molar-refractivity contribution >= 4 is 11.8 Å². The van der Waals surface area contributed by atoms with Gasteiger partial charge in [-0.2, -0.15) is 0 Å². The maximum absolute atomic E-state index is 12.7. The molecule has 24 heavy (non-hydrogen) atoms. The van der Waals surface area contributed by atoms with E-state index in [0.717, 1.165) is 45.2 Å². The number of likely N-dealkylation sites (tertiary alicyclic amines) is 1. The fraction of sp³-hybridized carbons (Fsp3) is 0.579. The van der Waals surface area contributed by atoms with Crippen molar-refractivity contribution in [3.05, 3.63) is 35.4 Å². The molecule has 0 unspecified atom stereocenters. The lowest BCUT2D eigenvalue weighted by Crippen LogP contribution is -2.45. The molecule has 5 nitrogen and oxygen atoms in total. The molecule has 1 atom stereocenters. The predicted molar refractivity (Wildman–Crippen MR) is 93.2 cm³/mol. The number of hydrogen-bond acceptors (Lipinski definition) is 3. The van der Waals surface area contributed by atoms with Crippen molar-refractivity contribution in [1.29, 1.82) is 0 Å². The Balaban J connectivity index is 1.59. The third-order valence-corrected chi connectivity index (χ3v) is 5.55. The quantitative estimate of drug-likeness (QED) is 0.914. The molecule has 1 aromatic rings. The van der Waals surface area contributed by atoms with Crippen LogP contribution >= 0.6 is 0 Å². The smallest absolute Gasteiger partial charge is 0.237 e. The molecule has 1 aliphatic carbocycles. The van der Waals surface area contributed by atoms with Crippen molar-refractivity contribution in [1.82, 2.24) is 9.80 Å². The summed E-state index contributed by atoms with van der Waals surface area (Å²) in [5, 5.41) is 0. The maximum Gasteiger partial charge on any atom is 0.237 e. The molecule has 0 bridgehead atoms. The highest BCUT2D eigenvalue weighted by Crippen LogP contribution is 2.33. The number of primary amides is 1. The highest BCUT2D eigenvalue weighted by molar-refractivity contribution is 5.79. The first kappa shape index (κ1) is 17.0. The van der Waals surface area contributed by atoms with Gasteiger partial charge in [0.2, 0.25) is 11.8 Å². The Morgan fingerprint density at radius 3 is 2.62 bits per heavy atom. The average molecular weight is 329 g/mol. The largest absolute Gasteiger partial charge is 0.369 e. The Hall–Kier alpha value is -1.88. The molecule has 5 heteroatoms. The highest BCUT2D eigenvalue weighted by Gasteiger charge is 2.29. The van der Waals surface area contributed by atoms with Crippen molar-refractivity contribution in [2.45, 2.75) is 38.1 Å². The summed E-state index contributed by atoms with van der Waals surface area (Å²) in [6.07, 6.45) is 4.79. The van der Waals surface area contributed by atoms with Crippen molar-refractivity contribution in [3.8, 4) is 0 Å². The van der Waals surface area contributed by atoms with Crippen LogP contribution < -0.4 is 5.73 Å². The van der Waals surface area contributed by atoms with E-state index in [1.54, 1.807) is 0 Å². The minimum Gasteiger partial charge on any atom is -0.369 e. The van der Waals surface area contributed by atoms with Gasteiger partial charge in [0, 0.05) is 13.0 Å². The number of carbonyl (C=O) groups excluding carboxylic acids is 2. The summed E-state index contributed by atoms with van der Waals surface area (Å²) in [5.41, 5.74) is 8.04. The number of piperidine rings is 1. The van der Waals surface area contributed by atoms with Crippen LogP contribution in [-0.4, -0.2) is 48.3 Å². The number of benzene rings is 1. The first-order chi connectivity index (χ1) is 11.6. The fourth-order valence-electron chi connectivity index (χ4n) is 3.98. The van der Waals surface area contributed by atoms with E-state index in [2.05, 4.69) is 29.2 Å². The topological polar surface area (TPSA) is 66.6 Å². The second-order valence-electron chi connectivity index (χ2n) is 7.06. The molecule has 1 aromatic carbocycles. The van der Waals surface area contributed by atoms with Crippen LogP contribution in [0.15, 0.2) is 24.3 Å². The molecular formula is C19H27N3O2. The molecule has 0 spiro atoms. The van der Waals surface area contributed by atoms with Crippen LogP contribution in [0.2, 0.25) is 0 Å². The van der Waals surface area contributed by atoms with Crippen LogP contribution in [0.3, 0.4) is 0 Å². The van der Waals surface area contributed by atoms with Crippen LogP contribution in [0.4, 0.5) is 0 Å². The summed E-state index contributed by atoms with van der Waals surface area (Å²) in [6, 6.07) is 8.65. The van der Waals surface area contributed by atoms with Gasteiger partial charge in [-0.05, 0) is 56.3 Å². The molecule has 0 aromatic heterocycles. The van der Waals surface area contributed by atoms with Gasteiger partial charge >= 0.3 is 0 Å². The van der Waals surface area contributed by atoms with Crippen LogP contribution in [0.1, 0.15) is 42.9 Å². The van der Waals surface area contributed by atoms with Gasteiger partial charge in [-0.25, -0.2) is 0 Å². The molecule has 1 saturated heterocycles. The molecule has 0 radical (unpaired) electrons. The summed E-state index contributed by atoms with van der Waals surface area (Å²) in [5.74, 6) is -0.0783. The summed E-state index contributed by atoms with van der Waals surface area (Å²) in [4.78, 5) is 28.0. The van der Waals surface area contributed by atoms with E-state index in [4.69, 9.17) is 5.73 Å². The number of rotatable bonds is 4. The van der Waals surface area contributed by atoms with E-state index >= 15 is 0 Å². The number of aryl methyl sites for hydroxylation is 1. The summed E-state index contributed by atoms with van der Waals surface area (Å²) in [6.45, 7) is 1.98. The highest BCUT2D eigenvalue weighted by atomic mass is 16.2. The second kappa shape index (κ2) is 7.34. The van der Waals surface area contributed by atoms with Gasteiger partial charge in [-0.1, -0.05) is 24.3 Å². The molecule has 2 amide bonds. The first-order valence-corrected chi connectivity index (χ1v) is 8.91. The van der Waals surface area contributed by atoms with Gasteiger partial charge in [-0.3, -0.25) is 14.5 Å². The van der Waals surface area contributed by atoms with Gasteiger partial charge < -0.3 is 10.6 Å². The fourth-order valence-corrected chi connectivity index (χ4v) is 3.98. The Bertz CT molecular complexity index is 608. The normalized spacial score (nSPS) is 22.0. The van der Waals surface area contributed by atoms with Crippen LogP contribution in [0.25, 0.3) is 0 Å². The van der Waals surface area contributed by atoms with E-state index in [1.807, 2.05) is 11.9 Å². The van der Waals surface area contributed by atoms with Gasteiger partial charge in [0.15, 0.2) is 0 Å². The van der Waals surface area contributed by atoms with Crippen molar-refractivity contribution < 1.29 is 9.59 Å². The molecule has 1 heterocycles. The van der Waals surface area contributed by atoms with Gasteiger partial charge in [0.05, 0.1) is 12.6 Å². The molecule has 1 fully saturated rings. The predicted octanol–water partition coefficient (Wildman–Crippen LogP) is 1.72. The third-order valence-electron chi connectivity index (χ3n) is 5.55. The Labute approximate surface area is 143 Å². The monoisotopic (exact) mass is 329 g/mol. The minimum absolute atomic E-state index is 0.0284. The lowest BCUT2D eigenvalue weighted by molar-refractivity contribution is -0.134. The molecule has 130 valence electrons. The Morgan fingerprint density at radius 2 is 1.92 bits per heavy atom. The van der Waals surface area contributed by atoms with Gasteiger partial charge in [0.25, 0.3) is 0 Å². The molecule has 0 saturated carbocycles. The van der Waals surface area contributed by atoms with Gasteiger partial charge in [0.1, 0.15) is 0 Å². The second-order valence-corrected chi connectivity index (χ2v) is 7.06. The average Bonchev–Trinajstić information content (AvgIpc) is 2.61.